The highest BCUT2D eigenvalue weighted by atomic mass is 16.5. The molecular weight excluding hydrogens is 358 g/mol. The van der Waals surface area contributed by atoms with Crippen LogP contribution in [0.5, 0.6) is 0 Å². The fraction of sp³-hybridized carbons (Fsp3) is 0.750. The number of aromatic nitrogens is 2. The molecule has 8 nitrogen and oxygen atoms in total. The number of morpholine rings is 1. The molecule has 0 bridgehead atoms. The quantitative estimate of drug-likeness (QED) is 0.757. The average Bonchev–Trinajstić information content (AvgIpc) is 3.20. The third kappa shape index (κ3) is 4.22. The highest BCUT2D eigenvalue weighted by Gasteiger charge is 2.34. The van der Waals surface area contributed by atoms with Crippen LogP contribution in [0.2, 0.25) is 0 Å². The summed E-state index contributed by atoms with van der Waals surface area (Å²) in [5, 5.41) is 4.23. The number of carbonyl (C=O) groups excluding carboxylic acids is 2. The number of likely N-dealkylation sites (tertiary alicyclic amines) is 2. The zero-order chi connectivity index (χ0) is 19.5. The van der Waals surface area contributed by atoms with Gasteiger partial charge in [0.05, 0.1) is 19.1 Å². The van der Waals surface area contributed by atoms with Crippen molar-refractivity contribution >= 4 is 11.8 Å². The number of amides is 2. The van der Waals surface area contributed by atoms with Crippen LogP contribution in [-0.4, -0.2) is 94.8 Å². The molecule has 3 aliphatic heterocycles. The van der Waals surface area contributed by atoms with E-state index in [-0.39, 0.29) is 11.8 Å². The molecule has 4 heterocycles. The van der Waals surface area contributed by atoms with Crippen molar-refractivity contribution in [1.82, 2.24) is 24.5 Å². The van der Waals surface area contributed by atoms with Crippen molar-refractivity contribution in [3.63, 3.8) is 0 Å². The van der Waals surface area contributed by atoms with Crippen molar-refractivity contribution in [2.75, 3.05) is 52.5 Å². The van der Waals surface area contributed by atoms with Gasteiger partial charge in [-0.2, -0.15) is 5.10 Å². The first-order valence-electron chi connectivity index (χ1n) is 10.5. The predicted molar refractivity (Wildman–Crippen MR) is 104 cm³/mol. The summed E-state index contributed by atoms with van der Waals surface area (Å²) in [5.74, 6) is 0.439. The van der Waals surface area contributed by atoms with E-state index in [0.717, 1.165) is 65.0 Å². The molecule has 0 unspecified atom stereocenters. The van der Waals surface area contributed by atoms with Gasteiger partial charge in [-0.15, -0.1) is 0 Å². The largest absolute Gasteiger partial charge is 0.378 e. The number of hydrogen-bond acceptors (Lipinski definition) is 5. The standard InChI is InChI=1S/C20H31N5O3/c1-22-8-6-18(21-22)20(27)23-9-4-17(5-10-23)25-7-2-3-16(15-25)19(26)24-11-13-28-14-12-24/h6,8,16-17H,2-5,7,9-15H2,1H3/t16-/m1/s1. The van der Waals surface area contributed by atoms with Gasteiger partial charge in [0, 0.05) is 52.0 Å². The molecule has 1 atom stereocenters. The molecule has 0 aromatic carbocycles. The fourth-order valence-electron chi connectivity index (χ4n) is 4.71. The lowest BCUT2D eigenvalue weighted by Crippen LogP contribution is -2.53. The lowest BCUT2D eigenvalue weighted by atomic mass is 9.92. The Hall–Kier alpha value is -1.93. The third-order valence-electron chi connectivity index (χ3n) is 6.33. The van der Waals surface area contributed by atoms with E-state index < -0.39 is 0 Å². The number of carbonyl (C=O) groups is 2. The van der Waals surface area contributed by atoms with E-state index in [1.54, 1.807) is 16.9 Å². The van der Waals surface area contributed by atoms with Crippen LogP contribution in [0.3, 0.4) is 0 Å². The van der Waals surface area contributed by atoms with Crippen molar-refractivity contribution < 1.29 is 14.3 Å². The molecule has 0 saturated carbocycles. The highest BCUT2D eigenvalue weighted by Crippen LogP contribution is 2.26. The molecule has 28 heavy (non-hydrogen) atoms. The molecule has 4 rings (SSSR count). The fourth-order valence-corrected chi connectivity index (χ4v) is 4.71. The molecule has 0 spiro atoms. The Morgan fingerprint density at radius 1 is 1.04 bits per heavy atom. The molecule has 2 amide bonds. The summed E-state index contributed by atoms with van der Waals surface area (Å²) in [6, 6.07) is 2.24. The molecule has 8 heteroatoms. The van der Waals surface area contributed by atoms with Crippen LogP contribution >= 0.6 is 0 Å². The van der Waals surface area contributed by atoms with Gasteiger partial charge in [-0.05, 0) is 38.3 Å². The summed E-state index contributed by atoms with van der Waals surface area (Å²) < 4.78 is 7.04. The summed E-state index contributed by atoms with van der Waals surface area (Å²) in [6.07, 6.45) is 5.81. The number of nitrogens with zero attached hydrogens (tertiary/aromatic N) is 5. The van der Waals surface area contributed by atoms with Crippen LogP contribution in [0, 0.1) is 5.92 Å². The van der Waals surface area contributed by atoms with Gasteiger partial charge in [-0.3, -0.25) is 19.2 Å². The van der Waals surface area contributed by atoms with Crippen molar-refractivity contribution in [3.05, 3.63) is 18.0 Å². The monoisotopic (exact) mass is 389 g/mol. The van der Waals surface area contributed by atoms with Gasteiger partial charge < -0.3 is 14.5 Å². The van der Waals surface area contributed by atoms with Crippen LogP contribution in [0.4, 0.5) is 0 Å². The van der Waals surface area contributed by atoms with Crippen LogP contribution in [0.15, 0.2) is 12.3 Å². The van der Waals surface area contributed by atoms with Crippen molar-refractivity contribution in [2.45, 2.75) is 31.7 Å². The molecule has 3 saturated heterocycles. The van der Waals surface area contributed by atoms with E-state index in [0.29, 0.717) is 30.9 Å². The Morgan fingerprint density at radius 3 is 2.46 bits per heavy atom. The molecule has 3 fully saturated rings. The van der Waals surface area contributed by atoms with Crippen molar-refractivity contribution in [1.29, 1.82) is 0 Å². The normalized spacial score (nSPS) is 25.1. The summed E-state index contributed by atoms with van der Waals surface area (Å²) >= 11 is 0. The summed E-state index contributed by atoms with van der Waals surface area (Å²) in [4.78, 5) is 31.8. The number of rotatable bonds is 3. The van der Waals surface area contributed by atoms with Crippen molar-refractivity contribution in [2.24, 2.45) is 13.0 Å². The van der Waals surface area contributed by atoms with E-state index in [1.165, 1.54) is 0 Å². The van der Waals surface area contributed by atoms with E-state index in [4.69, 9.17) is 4.74 Å². The second-order valence-electron chi connectivity index (χ2n) is 8.17. The second-order valence-corrected chi connectivity index (χ2v) is 8.17. The highest BCUT2D eigenvalue weighted by molar-refractivity contribution is 5.92. The number of hydrogen-bond donors (Lipinski definition) is 0. The van der Waals surface area contributed by atoms with Gasteiger partial charge in [0.15, 0.2) is 0 Å². The van der Waals surface area contributed by atoms with Gasteiger partial charge in [0.25, 0.3) is 5.91 Å². The minimum absolute atomic E-state index is 0.0260. The van der Waals surface area contributed by atoms with Gasteiger partial charge in [0.2, 0.25) is 5.91 Å². The van der Waals surface area contributed by atoms with Gasteiger partial charge in [-0.25, -0.2) is 0 Å². The van der Waals surface area contributed by atoms with Gasteiger partial charge >= 0.3 is 0 Å². The maximum absolute atomic E-state index is 12.9. The molecule has 1 aromatic heterocycles. The molecule has 154 valence electrons. The Labute approximate surface area is 166 Å². The molecule has 0 radical (unpaired) electrons. The first-order chi connectivity index (χ1) is 13.6. The zero-order valence-electron chi connectivity index (χ0n) is 16.8. The Morgan fingerprint density at radius 2 is 1.79 bits per heavy atom. The number of piperidine rings is 2. The van der Waals surface area contributed by atoms with Crippen LogP contribution < -0.4 is 0 Å². The second kappa shape index (κ2) is 8.61. The molecule has 0 N–H and O–H groups in total. The Bertz CT molecular complexity index is 692. The zero-order valence-corrected chi connectivity index (χ0v) is 16.8. The van der Waals surface area contributed by atoms with E-state index in [2.05, 4.69) is 10.00 Å². The van der Waals surface area contributed by atoms with E-state index in [9.17, 15) is 9.59 Å². The molecule has 1 aromatic rings. The minimum Gasteiger partial charge on any atom is -0.378 e. The lowest BCUT2D eigenvalue weighted by Gasteiger charge is -2.43. The first-order valence-corrected chi connectivity index (χ1v) is 10.5. The van der Waals surface area contributed by atoms with E-state index in [1.807, 2.05) is 16.8 Å². The maximum Gasteiger partial charge on any atom is 0.274 e. The molecular formula is C20H31N5O3. The van der Waals surface area contributed by atoms with Crippen LogP contribution in [0.1, 0.15) is 36.2 Å². The smallest absolute Gasteiger partial charge is 0.274 e. The van der Waals surface area contributed by atoms with Crippen molar-refractivity contribution in [3.8, 4) is 0 Å². The SMILES string of the molecule is Cn1ccc(C(=O)N2CCC(N3CCC[C@@H](C(=O)N4CCOCC4)C3)CC2)n1. The average molecular weight is 390 g/mol. The lowest BCUT2D eigenvalue weighted by molar-refractivity contribution is -0.141. The topological polar surface area (TPSA) is 70.9 Å². The molecule has 3 aliphatic rings. The summed E-state index contributed by atoms with van der Waals surface area (Å²) in [6.45, 7) is 6.21. The number of aryl methyl sites for hydroxylation is 1. The maximum atomic E-state index is 12.9. The van der Waals surface area contributed by atoms with Crippen LogP contribution in [0.25, 0.3) is 0 Å². The minimum atomic E-state index is 0.0260. The first kappa shape index (κ1) is 19.4. The number of ether oxygens (including phenoxy) is 1. The Balaban J connectivity index is 1.29. The predicted octanol–water partition coefficient (Wildman–Crippen LogP) is 0.596. The van der Waals surface area contributed by atoms with Gasteiger partial charge in [0.1, 0.15) is 5.69 Å². The third-order valence-corrected chi connectivity index (χ3v) is 6.33. The van der Waals surface area contributed by atoms with Crippen LogP contribution in [-0.2, 0) is 16.6 Å². The Kier molecular flexibility index (Phi) is 5.96. The molecule has 0 aliphatic carbocycles. The van der Waals surface area contributed by atoms with Gasteiger partial charge in [-0.1, -0.05) is 0 Å². The summed E-state index contributed by atoms with van der Waals surface area (Å²) in [5.41, 5.74) is 0.523. The summed E-state index contributed by atoms with van der Waals surface area (Å²) in [7, 11) is 1.83. The van der Waals surface area contributed by atoms with E-state index >= 15 is 0 Å².